The van der Waals surface area contributed by atoms with Crippen LogP contribution in [-0.2, 0) is 11.3 Å². The maximum atomic E-state index is 13.3. The van der Waals surface area contributed by atoms with Crippen molar-refractivity contribution >= 4 is 17.0 Å². The topological polar surface area (TPSA) is 77.1 Å². The third kappa shape index (κ3) is 3.61. The van der Waals surface area contributed by atoms with Crippen molar-refractivity contribution in [1.82, 2.24) is 14.9 Å². The van der Waals surface area contributed by atoms with E-state index in [2.05, 4.69) is 4.98 Å². The number of benzene rings is 1. The van der Waals surface area contributed by atoms with Crippen LogP contribution in [0.3, 0.4) is 0 Å². The Balaban J connectivity index is 1.87. The van der Waals surface area contributed by atoms with E-state index in [0.717, 1.165) is 16.3 Å². The quantitative estimate of drug-likeness (QED) is 0.771. The number of hydrogen-bond donors (Lipinski definition) is 1. The number of aromatic nitrogens is 2. The lowest BCUT2D eigenvalue weighted by Crippen LogP contribution is -2.40. The molecule has 1 aromatic carbocycles. The molecule has 9 heteroatoms. The second-order valence-electron chi connectivity index (χ2n) is 5.75. The zero-order valence-electron chi connectivity index (χ0n) is 13.6. The second-order valence-corrected chi connectivity index (χ2v) is 5.75. The number of hydrogen-bond acceptors (Lipinski definition) is 4. The molecule has 0 aliphatic carbocycles. The number of oxazole rings is 1. The Labute approximate surface area is 145 Å². The normalized spacial score (nSPS) is 12.9. The lowest BCUT2D eigenvalue weighted by molar-refractivity contribution is -0.163. The van der Waals surface area contributed by atoms with Crippen LogP contribution in [0.2, 0.25) is 0 Å². The standard InChI is InChI=1S/C17H14F3N3O3/c1-10-4-5-13-12(7-10)23(16(25)26-13)9-14(24)22-15(17(18,19)20)11-3-2-6-21-8-11/h2-8,15H,9H2,1H3,(H,22,24)/t15-/m0/s1. The molecule has 0 aliphatic rings. The van der Waals surface area contributed by atoms with Gasteiger partial charge in [-0.1, -0.05) is 12.1 Å². The number of fused-ring (bicyclic) bond motifs is 1. The largest absolute Gasteiger partial charge is 0.420 e. The molecule has 3 rings (SSSR count). The SMILES string of the molecule is Cc1ccc2oc(=O)n(CC(=O)N[C@@H](c3cccnc3)C(F)(F)F)c2c1. The van der Waals surface area contributed by atoms with Crippen molar-refractivity contribution in [1.29, 1.82) is 0 Å². The van der Waals surface area contributed by atoms with Gasteiger partial charge in [0, 0.05) is 18.0 Å². The van der Waals surface area contributed by atoms with Gasteiger partial charge in [0.05, 0.1) is 5.52 Å². The van der Waals surface area contributed by atoms with Crippen LogP contribution in [0, 0.1) is 6.92 Å². The van der Waals surface area contributed by atoms with Crippen molar-refractivity contribution in [2.75, 3.05) is 0 Å². The molecule has 6 nitrogen and oxygen atoms in total. The summed E-state index contributed by atoms with van der Waals surface area (Å²) in [6.07, 6.45) is -2.35. The highest BCUT2D eigenvalue weighted by Crippen LogP contribution is 2.32. The number of nitrogens with one attached hydrogen (secondary N) is 1. The molecule has 26 heavy (non-hydrogen) atoms. The minimum absolute atomic E-state index is 0.200. The van der Waals surface area contributed by atoms with Crippen LogP contribution in [-0.4, -0.2) is 21.6 Å². The fourth-order valence-corrected chi connectivity index (χ4v) is 2.57. The van der Waals surface area contributed by atoms with E-state index >= 15 is 0 Å². The minimum Gasteiger partial charge on any atom is -0.408 e. The molecule has 136 valence electrons. The molecular formula is C17H14F3N3O3. The maximum Gasteiger partial charge on any atom is 0.420 e. The summed E-state index contributed by atoms with van der Waals surface area (Å²) in [5, 5.41) is 1.91. The monoisotopic (exact) mass is 365 g/mol. The summed E-state index contributed by atoms with van der Waals surface area (Å²) < 4.78 is 45.9. The van der Waals surface area contributed by atoms with Gasteiger partial charge >= 0.3 is 11.9 Å². The van der Waals surface area contributed by atoms with Crippen LogP contribution in [0.25, 0.3) is 11.1 Å². The zero-order valence-corrected chi connectivity index (χ0v) is 13.6. The van der Waals surface area contributed by atoms with Crippen LogP contribution in [0.5, 0.6) is 0 Å². The van der Waals surface area contributed by atoms with Crippen molar-refractivity contribution in [2.45, 2.75) is 25.7 Å². The van der Waals surface area contributed by atoms with E-state index in [1.165, 1.54) is 18.3 Å². The summed E-state index contributed by atoms with van der Waals surface area (Å²) in [5.41, 5.74) is 1.22. The van der Waals surface area contributed by atoms with Crippen LogP contribution in [0.15, 0.2) is 51.9 Å². The molecule has 0 radical (unpaired) electrons. The van der Waals surface area contributed by atoms with Gasteiger partial charge in [-0.05, 0) is 30.7 Å². The first kappa shape index (κ1) is 17.7. The number of nitrogens with zero attached hydrogens (tertiary/aromatic N) is 2. The number of aryl methyl sites for hydroxylation is 1. The molecule has 0 saturated heterocycles. The lowest BCUT2D eigenvalue weighted by Gasteiger charge is -2.21. The van der Waals surface area contributed by atoms with Gasteiger partial charge in [-0.2, -0.15) is 13.2 Å². The Morgan fingerprint density at radius 1 is 1.35 bits per heavy atom. The number of alkyl halides is 3. The number of pyridine rings is 1. The molecule has 0 saturated carbocycles. The minimum atomic E-state index is -4.71. The van der Waals surface area contributed by atoms with E-state index in [-0.39, 0.29) is 11.1 Å². The fraction of sp³-hybridized carbons (Fsp3) is 0.235. The third-order valence-corrected chi connectivity index (χ3v) is 3.78. The van der Waals surface area contributed by atoms with E-state index < -0.39 is 30.4 Å². The molecule has 2 aromatic heterocycles. The molecule has 2 heterocycles. The zero-order chi connectivity index (χ0) is 18.9. The smallest absolute Gasteiger partial charge is 0.408 e. The summed E-state index contributed by atoms with van der Waals surface area (Å²) in [4.78, 5) is 27.8. The van der Waals surface area contributed by atoms with Crippen LogP contribution >= 0.6 is 0 Å². The number of amides is 1. The summed E-state index contributed by atoms with van der Waals surface area (Å²) in [7, 11) is 0. The molecule has 0 aliphatic heterocycles. The summed E-state index contributed by atoms with van der Waals surface area (Å²) in [5.74, 6) is -1.78. The number of rotatable bonds is 4. The first-order valence-corrected chi connectivity index (χ1v) is 7.61. The molecule has 0 unspecified atom stereocenters. The van der Waals surface area contributed by atoms with Gasteiger partial charge in [0.2, 0.25) is 5.91 Å². The molecule has 1 atom stereocenters. The van der Waals surface area contributed by atoms with E-state index in [9.17, 15) is 22.8 Å². The summed E-state index contributed by atoms with van der Waals surface area (Å²) in [6.45, 7) is 1.19. The maximum absolute atomic E-state index is 13.3. The molecule has 1 N–H and O–H groups in total. The predicted molar refractivity (Wildman–Crippen MR) is 86.4 cm³/mol. The number of carbonyl (C=O) groups excluding carboxylic acids is 1. The lowest BCUT2D eigenvalue weighted by atomic mass is 10.1. The van der Waals surface area contributed by atoms with Crippen molar-refractivity contribution < 1.29 is 22.4 Å². The van der Waals surface area contributed by atoms with Gasteiger partial charge in [-0.25, -0.2) is 4.79 Å². The third-order valence-electron chi connectivity index (χ3n) is 3.78. The molecule has 0 spiro atoms. The molecule has 3 aromatic rings. The molecule has 0 bridgehead atoms. The average Bonchev–Trinajstić information content (AvgIpc) is 2.88. The summed E-state index contributed by atoms with van der Waals surface area (Å²) in [6, 6.07) is 5.24. The average molecular weight is 365 g/mol. The van der Waals surface area contributed by atoms with Crippen LogP contribution in [0.4, 0.5) is 13.2 Å². The van der Waals surface area contributed by atoms with E-state index in [1.54, 1.807) is 25.1 Å². The van der Waals surface area contributed by atoms with Crippen molar-refractivity contribution in [3.63, 3.8) is 0 Å². The highest BCUT2D eigenvalue weighted by atomic mass is 19.4. The van der Waals surface area contributed by atoms with Crippen molar-refractivity contribution in [3.8, 4) is 0 Å². The first-order chi connectivity index (χ1) is 12.3. The van der Waals surface area contributed by atoms with Gasteiger partial charge < -0.3 is 9.73 Å². The Kier molecular flexibility index (Phi) is 4.54. The predicted octanol–water partition coefficient (Wildman–Crippen LogP) is 2.72. The highest BCUT2D eigenvalue weighted by molar-refractivity contribution is 5.80. The molecule has 1 amide bonds. The Bertz CT molecular complexity index is 993. The Morgan fingerprint density at radius 3 is 2.77 bits per heavy atom. The van der Waals surface area contributed by atoms with Crippen molar-refractivity contribution in [2.24, 2.45) is 0 Å². The van der Waals surface area contributed by atoms with E-state index in [4.69, 9.17) is 4.42 Å². The van der Waals surface area contributed by atoms with Gasteiger partial charge in [0.15, 0.2) is 11.6 Å². The van der Waals surface area contributed by atoms with Gasteiger partial charge in [-0.15, -0.1) is 0 Å². The van der Waals surface area contributed by atoms with Crippen LogP contribution < -0.4 is 11.1 Å². The molecule has 0 fully saturated rings. The Morgan fingerprint density at radius 2 is 2.12 bits per heavy atom. The van der Waals surface area contributed by atoms with Crippen LogP contribution in [0.1, 0.15) is 17.2 Å². The van der Waals surface area contributed by atoms with E-state index in [0.29, 0.717) is 5.52 Å². The first-order valence-electron chi connectivity index (χ1n) is 7.61. The fourth-order valence-electron chi connectivity index (χ4n) is 2.57. The number of halogens is 3. The molecular weight excluding hydrogens is 351 g/mol. The van der Waals surface area contributed by atoms with Crippen molar-refractivity contribution in [3.05, 3.63) is 64.4 Å². The highest BCUT2D eigenvalue weighted by Gasteiger charge is 2.42. The second kappa shape index (κ2) is 6.66. The summed E-state index contributed by atoms with van der Waals surface area (Å²) >= 11 is 0. The Hall–Kier alpha value is -3.10. The number of carbonyl (C=O) groups is 1. The van der Waals surface area contributed by atoms with E-state index in [1.807, 2.05) is 5.32 Å². The van der Waals surface area contributed by atoms with Gasteiger partial charge in [0.25, 0.3) is 0 Å². The van der Waals surface area contributed by atoms with Gasteiger partial charge in [0.1, 0.15) is 6.54 Å². The van der Waals surface area contributed by atoms with Gasteiger partial charge in [-0.3, -0.25) is 14.3 Å².